The zero-order valence-electron chi connectivity index (χ0n) is 21.0. The maximum absolute atomic E-state index is 13.4. The Morgan fingerprint density at radius 1 is 1.14 bits per heavy atom. The molecule has 0 bridgehead atoms. The highest BCUT2D eigenvalue weighted by molar-refractivity contribution is 8.26. The molecule has 2 saturated heterocycles. The molecule has 1 amide bonds. The maximum atomic E-state index is 13.4. The van der Waals surface area contributed by atoms with E-state index < -0.39 is 0 Å². The maximum Gasteiger partial charge on any atom is 0.270 e. The number of likely N-dealkylation sites (N-methyl/N-ethyl adjacent to an activating group) is 1. The van der Waals surface area contributed by atoms with Gasteiger partial charge in [0, 0.05) is 51.9 Å². The summed E-state index contributed by atoms with van der Waals surface area (Å²) in [5.41, 5.74) is 2.52. The van der Waals surface area contributed by atoms with Gasteiger partial charge in [-0.2, -0.15) is 5.26 Å². The molecule has 36 heavy (non-hydrogen) atoms. The van der Waals surface area contributed by atoms with Crippen molar-refractivity contribution in [2.75, 3.05) is 38.1 Å². The topological polar surface area (TPSA) is 72.6 Å². The molecule has 1 aromatic carbocycles. The summed E-state index contributed by atoms with van der Waals surface area (Å²) in [6.45, 7) is 8.50. The van der Waals surface area contributed by atoms with Gasteiger partial charge in [0.2, 0.25) is 0 Å². The summed E-state index contributed by atoms with van der Waals surface area (Å²) in [6.07, 6.45) is 3.58. The second kappa shape index (κ2) is 11.4. The first-order valence-electron chi connectivity index (χ1n) is 12.3. The smallest absolute Gasteiger partial charge is 0.270 e. The molecule has 4 rings (SSSR count). The van der Waals surface area contributed by atoms with Gasteiger partial charge in [0.1, 0.15) is 21.8 Å². The van der Waals surface area contributed by atoms with Crippen molar-refractivity contribution in [3.8, 4) is 6.07 Å². The van der Waals surface area contributed by atoms with Gasteiger partial charge in [0.15, 0.2) is 0 Å². The van der Waals surface area contributed by atoms with Crippen LogP contribution in [0.15, 0.2) is 40.0 Å². The lowest BCUT2D eigenvalue weighted by atomic mass is 10.0. The number of unbranched alkanes of at least 4 members (excludes halogenated alkanes) is 1. The number of thioether (sulfide) groups is 1. The van der Waals surface area contributed by atoms with Crippen LogP contribution in [0.25, 0.3) is 6.08 Å². The predicted octanol–water partition coefficient (Wildman–Crippen LogP) is 3.98. The minimum Gasteiger partial charge on any atom is -0.355 e. The molecular weight excluding hydrogens is 490 g/mol. The fraction of sp³-hybridized carbons (Fsp3) is 0.407. The summed E-state index contributed by atoms with van der Waals surface area (Å²) in [5, 5.41) is 9.84. The second-order valence-electron chi connectivity index (χ2n) is 9.15. The van der Waals surface area contributed by atoms with Crippen molar-refractivity contribution in [2.24, 2.45) is 0 Å². The molecule has 0 spiro atoms. The van der Waals surface area contributed by atoms with Gasteiger partial charge in [-0.25, -0.2) is 0 Å². The molecule has 0 N–H and O–H groups in total. The van der Waals surface area contributed by atoms with Crippen LogP contribution < -0.4 is 10.5 Å². The van der Waals surface area contributed by atoms with E-state index in [1.807, 2.05) is 12.1 Å². The average molecular weight is 522 g/mol. The molecule has 2 fully saturated rings. The number of benzene rings is 1. The third-order valence-corrected chi connectivity index (χ3v) is 8.25. The number of thiocarbonyl (C=S) groups is 1. The van der Waals surface area contributed by atoms with Gasteiger partial charge >= 0.3 is 0 Å². The lowest BCUT2D eigenvalue weighted by Crippen LogP contribution is -2.48. The highest BCUT2D eigenvalue weighted by Gasteiger charge is 2.31. The van der Waals surface area contributed by atoms with Crippen molar-refractivity contribution in [3.63, 3.8) is 0 Å². The third-order valence-electron chi connectivity index (χ3n) is 6.76. The van der Waals surface area contributed by atoms with Gasteiger partial charge in [0.25, 0.3) is 11.5 Å². The average Bonchev–Trinajstić information content (AvgIpc) is 3.12. The molecule has 9 heteroatoms. The molecule has 188 valence electrons. The quantitative estimate of drug-likeness (QED) is 0.403. The largest absolute Gasteiger partial charge is 0.355 e. The highest BCUT2D eigenvalue weighted by atomic mass is 32.2. The molecule has 2 aliphatic heterocycles. The number of hydrogen-bond donors (Lipinski definition) is 0. The summed E-state index contributed by atoms with van der Waals surface area (Å²) in [7, 11) is 1.67. The van der Waals surface area contributed by atoms with Crippen molar-refractivity contribution in [2.45, 2.75) is 39.8 Å². The first-order valence-corrected chi connectivity index (χ1v) is 13.5. The molecule has 0 unspecified atom stereocenters. The van der Waals surface area contributed by atoms with Crippen LogP contribution in [0.1, 0.15) is 42.0 Å². The number of nitrogens with zero attached hydrogens (tertiary/aromatic N) is 5. The number of amides is 1. The van der Waals surface area contributed by atoms with Crippen LogP contribution in [0.2, 0.25) is 0 Å². The number of hydrogen-bond acceptors (Lipinski definition) is 7. The molecule has 2 aliphatic rings. The number of carbonyl (C=O) groups is 1. The van der Waals surface area contributed by atoms with Crippen LogP contribution in [-0.2, 0) is 17.9 Å². The van der Waals surface area contributed by atoms with Gasteiger partial charge in [-0.15, -0.1) is 0 Å². The molecule has 1 aromatic heterocycles. The second-order valence-corrected chi connectivity index (χ2v) is 10.8. The van der Waals surface area contributed by atoms with Crippen molar-refractivity contribution >= 4 is 46.1 Å². The minimum absolute atomic E-state index is 0.135. The SMILES string of the molecule is CCCCn1c(N2CCN(Cc3ccccc3)CC2)c(/C=C2/SC(=S)N(C)C2=O)c(C)c(C#N)c1=O. The van der Waals surface area contributed by atoms with E-state index in [1.54, 1.807) is 18.5 Å². The van der Waals surface area contributed by atoms with Crippen LogP contribution in [0.4, 0.5) is 5.82 Å². The normalized spacial score (nSPS) is 17.8. The van der Waals surface area contributed by atoms with E-state index in [2.05, 4.69) is 47.1 Å². The van der Waals surface area contributed by atoms with Crippen molar-refractivity contribution in [1.82, 2.24) is 14.4 Å². The molecule has 7 nitrogen and oxygen atoms in total. The molecular formula is C27H31N5O2S2. The van der Waals surface area contributed by atoms with Crippen molar-refractivity contribution in [1.29, 1.82) is 5.26 Å². The molecule has 2 aromatic rings. The van der Waals surface area contributed by atoms with Crippen LogP contribution >= 0.6 is 24.0 Å². The van der Waals surface area contributed by atoms with Gasteiger partial charge in [-0.05, 0) is 30.5 Å². The lowest BCUT2D eigenvalue weighted by molar-refractivity contribution is -0.121. The zero-order chi connectivity index (χ0) is 25.8. The van der Waals surface area contributed by atoms with E-state index in [9.17, 15) is 14.9 Å². The van der Waals surface area contributed by atoms with Crippen LogP contribution in [0, 0.1) is 18.3 Å². The number of anilines is 1. The summed E-state index contributed by atoms with van der Waals surface area (Å²) < 4.78 is 2.25. The highest BCUT2D eigenvalue weighted by Crippen LogP contribution is 2.35. The number of carbonyl (C=O) groups excluding carboxylic acids is 1. The van der Waals surface area contributed by atoms with E-state index in [0.717, 1.165) is 56.9 Å². The Bertz CT molecular complexity index is 1290. The molecule has 0 saturated carbocycles. The van der Waals surface area contributed by atoms with Crippen molar-refractivity contribution in [3.05, 3.63) is 67.8 Å². The van der Waals surface area contributed by atoms with E-state index in [1.165, 1.54) is 22.2 Å². The summed E-state index contributed by atoms with van der Waals surface area (Å²) >= 11 is 6.58. The van der Waals surface area contributed by atoms with Gasteiger partial charge < -0.3 is 4.90 Å². The van der Waals surface area contributed by atoms with Gasteiger partial charge in [-0.3, -0.25) is 24.0 Å². The third kappa shape index (κ3) is 5.26. The Labute approximate surface area is 222 Å². The number of nitriles is 1. The van der Waals surface area contributed by atoms with E-state index >= 15 is 0 Å². The Morgan fingerprint density at radius 2 is 1.83 bits per heavy atom. The van der Waals surface area contributed by atoms with E-state index in [4.69, 9.17) is 12.2 Å². The molecule has 0 radical (unpaired) electrons. The minimum atomic E-state index is -0.259. The van der Waals surface area contributed by atoms with Crippen molar-refractivity contribution < 1.29 is 4.79 Å². The molecule has 0 atom stereocenters. The lowest BCUT2D eigenvalue weighted by Gasteiger charge is -2.38. The van der Waals surface area contributed by atoms with Crippen LogP contribution in [0.3, 0.4) is 0 Å². The Morgan fingerprint density at radius 3 is 2.42 bits per heavy atom. The van der Waals surface area contributed by atoms with Gasteiger partial charge in [-0.1, -0.05) is 67.7 Å². The van der Waals surface area contributed by atoms with Crippen LogP contribution in [0.5, 0.6) is 0 Å². The standard InChI is InChI=1S/C27H31N5O2S2/c1-4-5-11-32-24(31-14-12-30(13-15-31)18-20-9-7-6-8-10-20)21(19(2)22(17-28)25(32)33)16-23-26(34)29(3)27(35)36-23/h6-10,16H,4-5,11-15,18H2,1-3H3/b23-16+. The summed E-state index contributed by atoms with van der Waals surface area (Å²) in [4.78, 5) is 32.9. The fourth-order valence-electron chi connectivity index (χ4n) is 4.64. The number of piperazine rings is 1. The first kappa shape index (κ1) is 26.1. The van der Waals surface area contributed by atoms with Gasteiger partial charge in [0.05, 0.1) is 4.91 Å². The summed E-state index contributed by atoms with van der Waals surface area (Å²) in [6, 6.07) is 12.5. The number of aromatic nitrogens is 1. The van der Waals surface area contributed by atoms with E-state index in [-0.39, 0.29) is 17.0 Å². The Balaban J connectivity index is 1.75. The molecule has 0 aliphatic carbocycles. The Kier molecular flexibility index (Phi) is 8.29. The zero-order valence-corrected chi connectivity index (χ0v) is 22.6. The van der Waals surface area contributed by atoms with Crippen LogP contribution in [-0.4, -0.2) is 57.8 Å². The Hall–Kier alpha value is -2.93. The number of pyridine rings is 1. The number of rotatable bonds is 7. The first-order chi connectivity index (χ1) is 17.3. The fourth-order valence-corrected chi connectivity index (χ4v) is 5.81. The predicted molar refractivity (Wildman–Crippen MR) is 150 cm³/mol. The van der Waals surface area contributed by atoms with E-state index in [0.29, 0.717) is 21.3 Å². The summed E-state index contributed by atoms with van der Waals surface area (Å²) in [5.74, 6) is 0.638. The monoisotopic (exact) mass is 521 g/mol. The molecule has 3 heterocycles.